The molecule has 6 heteroatoms. The Morgan fingerprint density at radius 2 is 2.12 bits per heavy atom. The summed E-state index contributed by atoms with van der Waals surface area (Å²) in [6, 6.07) is 0. The molecule has 4 nitrogen and oxygen atoms in total. The van der Waals surface area contributed by atoms with E-state index in [-0.39, 0.29) is 24.4 Å². The van der Waals surface area contributed by atoms with Crippen LogP contribution in [0, 0.1) is 11.8 Å². The Balaban J connectivity index is 1.87. The van der Waals surface area contributed by atoms with E-state index in [1.807, 2.05) is 6.92 Å². The van der Waals surface area contributed by atoms with Gasteiger partial charge in [-0.1, -0.05) is 44.1 Å². The van der Waals surface area contributed by atoms with Gasteiger partial charge in [0.25, 0.3) is 0 Å². The summed E-state index contributed by atoms with van der Waals surface area (Å²) in [4.78, 5) is 10.5. The number of hydrogen-bond acceptors (Lipinski definition) is 3. The highest BCUT2D eigenvalue weighted by atomic mass is 19.1. The van der Waals surface area contributed by atoms with Crippen LogP contribution < -0.4 is 0 Å². The molecule has 0 amide bonds. The number of alkyl halides is 2. The van der Waals surface area contributed by atoms with Gasteiger partial charge in [-0.05, 0) is 31.6 Å². The van der Waals surface area contributed by atoms with Crippen molar-refractivity contribution in [3.63, 3.8) is 0 Å². The van der Waals surface area contributed by atoms with Gasteiger partial charge >= 0.3 is 5.97 Å². The maximum absolute atomic E-state index is 14.8. The van der Waals surface area contributed by atoms with Gasteiger partial charge in [0.2, 0.25) is 0 Å². The Hall–Kier alpha value is -1.27. The SMILES string of the molecule is CCCC[C@@H](F)[C@H](O)/C=C/[C@H]1CC[C@H]2OC(/C=C/CCC(=O)O)C(F)[C@H]12. The summed E-state index contributed by atoms with van der Waals surface area (Å²) in [5.74, 6) is -1.24. The lowest BCUT2D eigenvalue weighted by Gasteiger charge is -2.18. The number of allylic oxidation sites excluding steroid dienone is 2. The van der Waals surface area contributed by atoms with Crippen LogP contribution in [0.15, 0.2) is 24.3 Å². The molecule has 0 aromatic carbocycles. The van der Waals surface area contributed by atoms with Crippen molar-refractivity contribution in [1.82, 2.24) is 0 Å². The van der Waals surface area contributed by atoms with Crippen molar-refractivity contribution in [1.29, 1.82) is 0 Å². The van der Waals surface area contributed by atoms with Crippen LogP contribution in [0.3, 0.4) is 0 Å². The fraction of sp³-hybridized carbons (Fsp3) is 0.750. The fourth-order valence-corrected chi connectivity index (χ4v) is 3.87. The lowest BCUT2D eigenvalue weighted by Crippen LogP contribution is -2.25. The van der Waals surface area contributed by atoms with Gasteiger partial charge in [-0.2, -0.15) is 0 Å². The first kappa shape index (κ1) is 21.0. The highest BCUT2D eigenvalue weighted by molar-refractivity contribution is 5.66. The quantitative estimate of drug-likeness (QED) is 0.569. The minimum absolute atomic E-state index is 0.0126. The van der Waals surface area contributed by atoms with Crippen LogP contribution in [0.5, 0.6) is 0 Å². The van der Waals surface area contributed by atoms with Gasteiger partial charge in [-0.25, -0.2) is 8.78 Å². The van der Waals surface area contributed by atoms with E-state index in [2.05, 4.69) is 0 Å². The number of carboxylic acid groups (broad SMARTS) is 1. The summed E-state index contributed by atoms with van der Waals surface area (Å²) in [6.45, 7) is 1.97. The maximum atomic E-state index is 14.8. The monoisotopic (exact) mass is 372 g/mol. The topological polar surface area (TPSA) is 66.8 Å². The Bertz CT molecular complexity index is 508. The number of aliphatic hydroxyl groups excluding tert-OH is 1. The molecule has 0 aromatic rings. The number of fused-ring (bicyclic) bond motifs is 1. The lowest BCUT2D eigenvalue weighted by molar-refractivity contribution is -0.136. The molecule has 1 saturated heterocycles. The smallest absolute Gasteiger partial charge is 0.303 e. The minimum atomic E-state index is -1.28. The second kappa shape index (κ2) is 10.2. The number of ether oxygens (including phenoxy) is 1. The molecule has 2 N–H and O–H groups in total. The minimum Gasteiger partial charge on any atom is -0.481 e. The third kappa shape index (κ3) is 5.61. The van der Waals surface area contributed by atoms with Crippen LogP contribution in [-0.2, 0) is 9.53 Å². The molecule has 2 rings (SSSR count). The molecule has 148 valence electrons. The van der Waals surface area contributed by atoms with Crippen LogP contribution in [0.25, 0.3) is 0 Å². The van der Waals surface area contributed by atoms with Gasteiger partial charge in [-0.3, -0.25) is 4.79 Å². The molecule has 7 atom stereocenters. The highest BCUT2D eigenvalue weighted by Gasteiger charge is 2.50. The third-order valence-electron chi connectivity index (χ3n) is 5.33. The Labute approximate surface area is 153 Å². The number of aliphatic carboxylic acids is 1. The molecular formula is C20H30F2O4. The van der Waals surface area contributed by atoms with Crippen molar-refractivity contribution in [3.8, 4) is 0 Å². The second-order valence-corrected chi connectivity index (χ2v) is 7.30. The van der Waals surface area contributed by atoms with Gasteiger partial charge in [0, 0.05) is 12.3 Å². The lowest BCUT2D eigenvalue weighted by atomic mass is 9.89. The molecule has 0 radical (unpaired) electrons. The third-order valence-corrected chi connectivity index (χ3v) is 5.33. The van der Waals surface area contributed by atoms with E-state index >= 15 is 0 Å². The van der Waals surface area contributed by atoms with E-state index in [1.54, 1.807) is 18.2 Å². The van der Waals surface area contributed by atoms with Gasteiger partial charge in [0.15, 0.2) is 0 Å². The van der Waals surface area contributed by atoms with E-state index in [0.717, 1.165) is 25.7 Å². The van der Waals surface area contributed by atoms with Gasteiger partial charge in [0.1, 0.15) is 24.6 Å². The van der Waals surface area contributed by atoms with Crippen LogP contribution in [-0.4, -0.2) is 46.8 Å². The predicted molar refractivity (Wildman–Crippen MR) is 95.3 cm³/mol. The normalized spacial score (nSPS) is 33.8. The average molecular weight is 372 g/mol. The number of rotatable bonds is 10. The largest absolute Gasteiger partial charge is 0.481 e. The van der Waals surface area contributed by atoms with Gasteiger partial charge in [0.05, 0.1) is 6.10 Å². The molecule has 2 unspecified atom stereocenters. The molecule has 0 aromatic heterocycles. The molecular weight excluding hydrogens is 342 g/mol. The van der Waals surface area contributed by atoms with E-state index in [4.69, 9.17) is 9.84 Å². The average Bonchev–Trinajstić information content (AvgIpc) is 3.14. The van der Waals surface area contributed by atoms with E-state index < -0.39 is 30.5 Å². The summed E-state index contributed by atoms with van der Waals surface area (Å²) in [6.07, 6.45) is 5.87. The van der Waals surface area contributed by atoms with Crippen LogP contribution in [0.2, 0.25) is 0 Å². The maximum Gasteiger partial charge on any atom is 0.303 e. The molecule has 2 aliphatic rings. The molecule has 1 aliphatic carbocycles. The fourth-order valence-electron chi connectivity index (χ4n) is 3.87. The number of carbonyl (C=O) groups is 1. The van der Waals surface area contributed by atoms with Crippen molar-refractivity contribution < 1.29 is 28.5 Å². The van der Waals surface area contributed by atoms with Crippen molar-refractivity contribution in [2.24, 2.45) is 11.8 Å². The standard InChI is InChI=1S/C20H30F2O4/c1-2-3-6-14(21)15(23)11-9-13-10-12-16-19(13)20(22)17(26-16)7-4-5-8-18(24)25/h4,7,9,11,13-17,19-20,23H,2-3,5-6,8,10,12H2,1H3,(H,24,25)/b7-4+,11-9+/t13-,14+,15+,16+,17?,19+,20?/m0/s1. The number of unbranched alkanes of at least 4 members (excludes halogenated alkanes) is 1. The number of halogens is 2. The van der Waals surface area contributed by atoms with Crippen molar-refractivity contribution in [3.05, 3.63) is 24.3 Å². The Morgan fingerprint density at radius 1 is 1.35 bits per heavy atom. The Morgan fingerprint density at radius 3 is 2.81 bits per heavy atom. The first-order valence-electron chi connectivity index (χ1n) is 9.62. The van der Waals surface area contributed by atoms with Crippen LogP contribution in [0.4, 0.5) is 8.78 Å². The number of aliphatic hydroxyl groups is 1. The van der Waals surface area contributed by atoms with Gasteiger partial charge < -0.3 is 14.9 Å². The van der Waals surface area contributed by atoms with E-state index in [1.165, 1.54) is 6.08 Å². The molecule has 0 spiro atoms. The van der Waals surface area contributed by atoms with E-state index in [0.29, 0.717) is 12.8 Å². The number of hydrogen-bond donors (Lipinski definition) is 2. The molecule has 1 heterocycles. The van der Waals surface area contributed by atoms with Crippen molar-refractivity contribution in [2.45, 2.75) is 82.5 Å². The number of carboxylic acids is 1. The predicted octanol–water partition coefficient (Wildman–Crippen LogP) is 3.98. The molecule has 0 bridgehead atoms. The molecule has 26 heavy (non-hydrogen) atoms. The zero-order valence-electron chi connectivity index (χ0n) is 15.3. The summed E-state index contributed by atoms with van der Waals surface area (Å²) in [5, 5.41) is 18.5. The highest BCUT2D eigenvalue weighted by Crippen LogP contribution is 2.45. The van der Waals surface area contributed by atoms with Crippen molar-refractivity contribution in [2.75, 3.05) is 0 Å². The summed E-state index contributed by atoms with van der Waals surface area (Å²) < 4.78 is 34.4. The first-order valence-corrected chi connectivity index (χ1v) is 9.62. The first-order chi connectivity index (χ1) is 12.4. The summed E-state index contributed by atoms with van der Waals surface area (Å²) in [7, 11) is 0. The molecule has 1 aliphatic heterocycles. The zero-order valence-corrected chi connectivity index (χ0v) is 15.3. The van der Waals surface area contributed by atoms with Crippen LogP contribution in [0.1, 0.15) is 51.9 Å². The van der Waals surface area contributed by atoms with Crippen LogP contribution >= 0.6 is 0 Å². The summed E-state index contributed by atoms with van der Waals surface area (Å²) >= 11 is 0. The molecule has 2 fully saturated rings. The zero-order chi connectivity index (χ0) is 19.1. The van der Waals surface area contributed by atoms with Gasteiger partial charge in [-0.15, -0.1) is 0 Å². The summed E-state index contributed by atoms with van der Waals surface area (Å²) in [5.41, 5.74) is 0. The van der Waals surface area contributed by atoms with Crippen molar-refractivity contribution >= 4 is 5.97 Å². The second-order valence-electron chi connectivity index (χ2n) is 7.30. The molecule has 1 saturated carbocycles. The van der Waals surface area contributed by atoms with E-state index in [9.17, 15) is 18.7 Å². The Kier molecular flexibility index (Phi) is 8.22.